The van der Waals surface area contributed by atoms with Gasteiger partial charge in [-0.15, -0.1) is 0 Å². The monoisotopic (exact) mass is 913 g/mol. The molecule has 3 saturated heterocycles. The first-order chi connectivity index (χ1) is 30.0. The van der Waals surface area contributed by atoms with Crippen molar-refractivity contribution in [1.82, 2.24) is 0 Å². The van der Waals surface area contributed by atoms with E-state index in [0.29, 0.717) is 31.1 Å². The molecule has 4 saturated carbocycles. The largest absolute Gasteiger partial charge is 0.432 e. The fraction of sp³-hybridized carbons (Fsp3) is 0.936. The second-order valence-electron chi connectivity index (χ2n) is 22.4. The molecule has 8 rings (SSSR count). The van der Waals surface area contributed by atoms with Gasteiger partial charge in [0, 0.05) is 0 Å². The van der Waals surface area contributed by atoms with Crippen LogP contribution in [0, 0.1) is 56.7 Å². The highest BCUT2D eigenvalue weighted by Gasteiger charge is 2.70. The molecule has 64 heavy (non-hydrogen) atoms. The summed E-state index contributed by atoms with van der Waals surface area (Å²) in [5.41, 5.74) is -0.394. The summed E-state index contributed by atoms with van der Waals surface area (Å²) < 4.78 is 35.6. The number of esters is 1. The van der Waals surface area contributed by atoms with Crippen molar-refractivity contribution in [1.29, 1.82) is 0 Å². The summed E-state index contributed by atoms with van der Waals surface area (Å²) in [4.78, 5) is 14.7. The van der Waals surface area contributed by atoms with Gasteiger partial charge in [0.25, 0.3) is 0 Å². The van der Waals surface area contributed by atoms with Crippen LogP contribution in [0.15, 0.2) is 11.6 Å². The molecule has 7 fully saturated rings. The molecule has 0 amide bonds. The van der Waals surface area contributed by atoms with Crippen molar-refractivity contribution in [2.24, 2.45) is 56.7 Å². The van der Waals surface area contributed by atoms with E-state index in [-0.39, 0.29) is 52.1 Å². The van der Waals surface area contributed by atoms with E-state index in [9.17, 15) is 55.9 Å². The predicted octanol–water partition coefficient (Wildman–Crippen LogP) is 0.636. The van der Waals surface area contributed by atoms with Crippen LogP contribution in [-0.4, -0.2) is 169 Å². The molecule has 24 atom stereocenters. The van der Waals surface area contributed by atoms with Crippen LogP contribution in [0.3, 0.4) is 0 Å². The van der Waals surface area contributed by atoms with Crippen LogP contribution in [0.1, 0.15) is 106 Å². The Morgan fingerprint density at radius 1 is 0.688 bits per heavy atom. The number of rotatable bonds is 8. The minimum absolute atomic E-state index is 0.0968. The first-order valence-electron chi connectivity index (χ1n) is 23.8. The van der Waals surface area contributed by atoms with E-state index in [1.807, 2.05) is 0 Å². The molecule has 0 radical (unpaired) electrons. The summed E-state index contributed by atoms with van der Waals surface area (Å²) in [5, 5.41) is 105. The summed E-state index contributed by atoms with van der Waals surface area (Å²) >= 11 is 0. The molecular formula is C47H76O17. The van der Waals surface area contributed by atoms with Crippen LogP contribution in [0.5, 0.6) is 0 Å². The first-order valence-corrected chi connectivity index (χ1v) is 23.8. The Bertz CT molecular complexity index is 1730. The number of hydrogen-bond donors (Lipinski definition) is 10. The Balaban J connectivity index is 1.01. The summed E-state index contributed by atoms with van der Waals surface area (Å²) in [7, 11) is 0. The van der Waals surface area contributed by atoms with Gasteiger partial charge < -0.3 is 79.5 Å². The van der Waals surface area contributed by atoms with Gasteiger partial charge in [0.15, 0.2) is 12.6 Å². The number of aliphatic hydroxyl groups excluding tert-OH is 10. The van der Waals surface area contributed by atoms with Crippen molar-refractivity contribution in [3.8, 4) is 0 Å². The molecule has 3 heterocycles. The fourth-order valence-corrected chi connectivity index (χ4v) is 15.0. The fourth-order valence-electron chi connectivity index (χ4n) is 15.0. The highest BCUT2D eigenvalue weighted by atomic mass is 16.7. The molecule has 366 valence electrons. The molecule has 10 N–H and O–H groups in total. The van der Waals surface area contributed by atoms with Gasteiger partial charge in [-0.1, -0.05) is 60.1 Å². The number of ether oxygens (including phenoxy) is 6. The molecule has 2 unspecified atom stereocenters. The van der Waals surface area contributed by atoms with E-state index in [2.05, 4.69) is 54.5 Å². The second kappa shape index (κ2) is 17.5. The lowest BCUT2D eigenvalue weighted by molar-refractivity contribution is -0.357. The lowest BCUT2D eigenvalue weighted by atomic mass is 9.33. The van der Waals surface area contributed by atoms with Crippen molar-refractivity contribution >= 4 is 5.97 Å². The molecule has 0 bridgehead atoms. The Morgan fingerprint density at radius 3 is 1.95 bits per heavy atom. The van der Waals surface area contributed by atoms with E-state index in [1.165, 1.54) is 5.57 Å². The zero-order valence-corrected chi connectivity index (χ0v) is 38.4. The quantitative estimate of drug-likeness (QED) is 0.0909. The maximum Gasteiger partial charge on any atom is 0.315 e. The predicted molar refractivity (Wildman–Crippen MR) is 224 cm³/mol. The Kier molecular flexibility index (Phi) is 13.4. The molecular weight excluding hydrogens is 836 g/mol. The van der Waals surface area contributed by atoms with Gasteiger partial charge >= 0.3 is 5.97 Å². The SMILES string of the molecule is C[C@H]1[C@H](C)CC[C@]2(C(=O)O[C@@H]3O[C@H](CO)[C@@H](O)[C@H](O)[C@H]3O)CC[C@]3(C)C(=CCC4[C@@]5(C)CC[C@H](O[C@@H]6OC[C@H](O)[C@H](O[C@@H]7O[C@H](CO)[C@@H](O)[C@H](O)[C@H]7O)[C@H]6O)C(C)(C)C5CC[C@]43C)[C@H]12. The first kappa shape index (κ1) is 49.0. The molecule has 0 aromatic carbocycles. The van der Waals surface area contributed by atoms with Crippen LogP contribution >= 0.6 is 0 Å². The van der Waals surface area contributed by atoms with Crippen LogP contribution in [-0.2, 0) is 33.2 Å². The Hall–Kier alpha value is -1.39. The third kappa shape index (κ3) is 7.40. The van der Waals surface area contributed by atoms with E-state index >= 15 is 0 Å². The molecule has 0 aromatic rings. The van der Waals surface area contributed by atoms with Gasteiger partial charge in [0.1, 0.15) is 67.1 Å². The third-order valence-corrected chi connectivity index (χ3v) is 19.3. The van der Waals surface area contributed by atoms with Gasteiger partial charge in [-0.2, -0.15) is 0 Å². The maximum atomic E-state index is 14.7. The van der Waals surface area contributed by atoms with Crippen LogP contribution in [0.2, 0.25) is 0 Å². The smallest absolute Gasteiger partial charge is 0.315 e. The summed E-state index contributed by atoms with van der Waals surface area (Å²) in [6.45, 7) is 14.7. The number of allylic oxidation sites excluding steroid dienone is 2. The molecule has 8 aliphatic rings. The highest BCUT2D eigenvalue weighted by molar-refractivity contribution is 5.79. The average Bonchev–Trinajstić information content (AvgIpc) is 3.25. The van der Waals surface area contributed by atoms with Crippen LogP contribution in [0.25, 0.3) is 0 Å². The van der Waals surface area contributed by atoms with Gasteiger partial charge in [-0.05, 0) is 109 Å². The molecule has 17 nitrogen and oxygen atoms in total. The molecule has 3 aliphatic heterocycles. The van der Waals surface area contributed by atoms with Crippen molar-refractivity contribution in [2.75, 3.05) is 19.8 Å². The van der Waals surface area contributed by atoms with Crippen LogP contribution in [0.4, 0.5) is 0 Å². The second-order valence-corrected chi connectivity index (χ2v) is 22.4. The Labute approximate surface area is 376 Å². The van der Waals surface area contributed by atoms with Crippen molar-refractivity contribution in [3.05, 3.63) is 11.6 Å². The van der Waals surface area contributed by atoms with Crippen molar-refractivity contribution in [2.45, 2.75) is 198 Å². The minimum atomic E-state index is -1.72. The van der Waals surface area contributed by atoms with Gasteiger partial charge in [0.05, 0.1) is 31.3 Å². The van der Waals surface area contributed by atoms with Crippen molar-refractivity contribution in [3.63, 3.8) is 0 Å². The highest BCUT2D eigenvalue weighted by Crippen LogP contribution is 2.76. The van der Waals surface area contributed by atoms with Crippen molar-refractivity contribution < 1.29 is 84.3 Å². The normalized spacial score (nSPS) is 54.9. The van der Waals surface area contributed by atoms with Gasteiger partial charge in [-0.3, -0.25) is 4.79 Å². The van der Waals surface area contributed by atoms with E-state index < -0.39 is 111 Å². The van der Waals surface area contributed by atoms with E-state index in [1.54, 1.807) is 0 Å². The third-order valence-electron chi connectivity index (χ3n) is 19.3. The molecule has 17 heteroatoms. The number of carbonyl (C=O) groups is 1. The van der Waals surface area contributed by atoms with E-state index in [4.69, 9.17) is 28.4 Å². The van der Waals surface area contributed by atoms with Gasteiger partial charge in [0.2, 0.25) is 6.29 Å². The standard InChI is InChI=1S/C47H76O17/c1-21-10-15-47(42(58)64-41-36(56)34(54)32(52)26(19-49)61-41)17-16-45(6)23(30(47)22(21)2)8-9-28-44(5)13-12-29(43(3,4)27(44)11-14-46(28,45)7)62-39-37(57)38(24(50)20-59-39)63-40-35(55)33(53)31(51)25(18-48)60-40/h8,21-22,24-41,48-57H,9-20H2,1-7H3/t21-,22+,24+,25-,26-,27?,28?,29+,30+,31-,32-,33+,34+,35-,36-,37-,38+,39+,40+,41+,44+,45-,46-,47+/m1/s1. The molecule has 5 aliphatic carbocycles. The topological polar surface area (TPSA) is 275 Å². The lowest BCUT2D eigenvalue weighted by Crippen LogP contribution is -2.66. The number of hydrogen-bond acceptors (Lipinski definition) is 17. The lowest BCUT2D eigenvalue weighted by Gasteiger charge is -2.71. The van der Waals surface area contributed by atoms with E-state index in [0.717, 1.165) is 38.5 Å². The molecule has 0 spiro atoms. The average molecular weight is 913 g/mol. The van der Waals surface area contributed by atoms with Crippen LogP contribution < -0.4 is 0 Å². The minimum Gasteiger partial charge on any atom is -0.432 e. The summed E-state index contributed by atoms with van der Waals surface area (Å²) in [6.07, 6.45) is -11.6. The number of fused-ring (bicyclic) bond motifs is 7. The molecule has 0 aromatic heterocycles. The Morgan fingerprint density at radius 2 is 1.31 bits per heavy atom. The summed E-state index contributed by atoms with van der Waals surface area (Å²) in [5.74, 6) is 0.445. The maximum absolute atomic E-state index is 14.7. The van der Waals surface area contributed by atoms with Gasteiger partial charge in [-0.25, -0.2) is 0 Å². The summed E-state index contributed by atoms with van der Waals surface area (Å²) in [6, 6.07) is 0. The zero-order valence-electron chi connectivity index (χ0n) is 38.4. The zero-order chi connectivity index (χ0) is 46.6. The number of aliphatic hydroxyl groups is 10. The number of carbonyl (C=O) groups excluding carboxylic acids is 1.